The van der Waals surface area contributed by atoms with E-state index in [1.54, 1.807) is 37.3 Å². The third kappa shape index (κ3) is 6.65. The molecule has 0 saturated carbocycles. The van der Waals surface area contributed by atoms with Gasteiger partial charge >= 0.3 is 0 Å². The zero-order chi connectivity index (χ0) is 26.4. The lowest BCUT2D eigenvalue weighted by molar-refractivity contribution is -0.125. The highest BCUT2D eigenvalue weighted by Gasteiger charge is 2.22. The number of hydrogen-bond acceptors (Lipinski definition) is 6. The van der Waals surface area contributed by atoms with Crippen LogP contribution in [-0.2, 0) is 22.4 Å². The number of rotatable bonds is 9. The number of carbonyl (C=O) groups is 2. The van der Waals surface area contributed by atoms with Gasteiger partial charge in [0.15, 0.2) is 5.78 Å². The van der Waals surface area contributed by atoms with E-state index in [1.165, 1.54) is 22.9 Å². The lowest BCUT2D eigenvalue weighted by atomic mass is 9.97. The second-order valence-electron chi connectivity index (χ2n) is 8.47. The molecule has 0 aliphatic heterocycles. The van der Waals surface area contributed by atoms with Gasteiger partial charge in [0.2, 0.25) is 11.9 Å². The number of aromatic nitrogens is 4. The molecule has 1 atom stereocenters. The summed E-state index contributed by atoms with van der Waals surface area (Å²) in [6.07, 6.45) is 2.93. The number of ketones is 1. The van der Waals surface area contributed by atoms with E-state index in [9.17, 15) is 14.0 Å². The molecule has 4 rings (SSSR count). The number of aryl methyl sites for hydroxylation is 1. The average molecular weight is 519 g/mol. The van der Waals surface area contributed by atoms with E-state index in [4.69, 9.17) is 17.3 Å². The molecule has 0 saturated heterocycles. The number of amides is 1. The quantitative estimate of drug-likeness (QED) is 0.325. The minimum Gasteiger partial charge on any atom is -0.366 e. The van der Waals surface area contributed by atoms with Gasteiger partial charge in [-0.3, -0.25) is 9.59 Å². The van der Waals surface area contributed by atoms with Crippen LogP contribution in [0.15, 0.2) is 72.8 Å². The third-order valence-electron chi connectivity index (χ3n) is 5.69. The Morgan fingerprint density at radius 3 is 2.62 bits per heavy atom. The van der Waals surface area contributed by atoms with Gasteiger partial charge in [-0.1, -0.05) is 59.2 Å². The molecule has 0 bridgehead atoms. The Balaban J connectivity index is 1.55. The van der Waals surface area contributed by atoms with Crippen molar-refractivity contribution in [2.45, 2.75) is 25.8 Å². The Kier molecular flexibility index (Phi) is 8.05. The molecule has 10 heteroatoms. The first-order valence-electron chi connectivity index (χ1n) is 11.4. The first-order valence-corrected chi connectivity index (χ1v) is 11.8. The van der Waals surface area contributed by atoms with E-state index in [2.05, 4.69) is 20.8 Å². The SMILES string of the molecule is Cc1ccc(CC(=O)[C@H](Cc2ccccc2)NC(=O)/C=C/c2cc(Cl)ccc2-n2nnnc2N)c(F)c1. The average Bonchev–Trinajstić information content (AvgIpc) is 3.30. The second kappa shape index (κ2) is 11.6. The van der Waals surface area contributed by atoms with Gasteiger partial charge in [0.1, 0.15) is 5.82 Å². The summed E-state index contributed by atoms with van der Waals surface area (Å²) >= 11 is 6.15. The molecular weight excluding hydrogens is 495 g/mol. The van der Waals surface area contributed by atoms with Crippen molar-refractivity contribution in [1.29, 1.82) is 0 Å². The molecule has 0 fully saturated rings. The topological polar surface area (TPSA) is 116 Å². The Labute approximate surface area is 217 Å². The van der Waals surface area contributed by atoms with Crippen molar-refractivity contribution in [3.63, 3.8) is 0 Å². The van der Waals surface area contributed by atoms with Crippen LogP contribution < -0.4 is 11.1 Å². The molecule has 3 N–H and O–H groups in total. The molecule has 37 heavy (non-hydrogen) atoms. The monoisotopic (exact) mass is 518 g/mol. The zero-order valence-corrected chi connectivity index (χ0v) is 20.7. The van der Waals surface area contributed by atoms with Crippen molar-refractivity contribution in [3.8, 4) is 5.69 Å². The molecule has 188 valence electrons. The lowest BCUT2D eigenvalue weighted by Gasteiger charge is -2.17. The number of benzene rings is 3. The van der Waals surface area contributed by atoms with Gasteiger partial charge in [0.05, 0.1) is 11.7 Å². The van der Waals surface area contributed by atoms with Gasteiger partial charge in [0.25, 0.3) is 0 Å². The van der Waals surface area contributed by atoms with E-state index < -0.39 is 17.8 Å². The van der Waals surface area contributed by atoms with Crippen LogP contribution in [0, 0.1) is 12.7 Å². The normalized spacial score (nSPS) is 12.0. The molecule has 1 aromatic heterocycles. The summed E-state index contributed by atoms with van der Waals surface area (Å²) in [5.41, 5.74) is 8.77. The van der Waals surface area contributed by atoms with Crippen LogP contribution >= 0.6 is 11.6 Å². The Morgan fingerprint density at radius 1 is 1.14 bits per heavy atom. The second-order valence-corrected chi connectivity index (χ2v) is 8.91. The van der Waals surface area contributed by atoms with Crippen LogP contribution in [0.4, 0.5) is 10.3 Å². The smallest absolute Gasteiger partial charge is 0.245 e. The Morgan fingerprint density at radius 2 is 1.92 bits per heavy atom. The predicted octanol–water partition coefficient (Wildman–Crippen LogP) is 3.90. The minimum atomic E-state index is -0.866. The highest BCUT2D eigenvalue weighted by Crippen LogP contribution is 2.22. The number of Topliss-reactive ketones (excluding diaryl/α,β-unsaturated/α-hetero) is 1. The number of nitrogens with two attached hydrogens (primary N) is 1. The Hall–Kier alpha value is -4.37. The van der Waals surface area contributed by atoms with E-state index in [-0.39, 0.29) is 30.1 Å². The van der Waals surface area contributed by atoms with Gasteiger partial charge in [-0.25, -0.2) is 4.39 Å². The van der Waals surface area contributed by atoms with Crippen molar-refractivity contribution >= 4 is 35.3 Å². The first kappa shape index (κ1) is 25.7. The molecule has 1 amide bonds. The molecule has 0 spiro atoms. The maximum Gasteiger partial charge on any atom is 0.245 e. The summed E-state index contributed by atoms with van der Waals surface area (Å²) in [5.74, 6) is -1.20. The fraction of sp³-hybridized carbons (Fsp3) is 0.148. The molecule has 0 aliphatic rings. The van der Waals surface area contributed by atoms with Gasteiger partial charge in [0, 0.05) is 23.1 Å². The number of halogens is 2. The standard InChI is InChI=1S/C27H24ClFN6O2/c1-17-7-8-19(22(29)13-17)16-25(36)23(14-18-5-3-2-4-6-18)31-26(37)12-9-20-15-21(28)10-11-24(20)35-27(30)32-33-34-35/h2-13,15,23H,14,16H2,1H3,(H,31,37)(H2,30,32,34)/b12-9+/t23-/m0/s1. The molecular formula is C27H24ClFN6O2. The van der Waals surface area contributed by atoms with E-state index >= 15 is 0 Å². The van der Waals surface area contributed by atoms with Crippen LogP contribution in [-0.4, -0.2) is 37.9 Å². The van der Waals surface area contributed by atoms with E-state index in [0.29, 0.717) is 16.3 Å². The van der Waals surface area contributed by atoms with Crippen LogP contribution in [0.2, 0.25) is 5.02 Å². The number of carbonyl (C=O) groups excluding carboxylic acids is 2. The van der Waals surface area contributed by atoms with Crippen molar-refractivity contribution in [1.82, 2.24) is 25.5 Å². The Bertz CT molecular complexity index is 1450. The van der Waals surface area contributed by atoms with Gasteiger partial charge in [-0.15, -0.1) is 0 Å². The molecule has 0 aliphatic carbocycles. The first-order chi connectivity index (χ1) is 17.8. The molecule has 1 heterocycles. The number of nitrogens with zero attached hydrogens (tertiary/aromatic N) is 4. The van der Waals surface area contributed by atoms with Crippen LogP contribution in [0.1, 0.15) is 22.3 Å². The van der Waals surface area contributed by atoms with Crippen molar-refractivity contribution < 1.29 is 14.0 Å². The number of nitrogen functional groups attached to an aromatic ring is 1. The van der Waals surface area contributed by atoms with E-state index in [0.717, 1.165) is 11.1 Å². The predicted molar refractivity (Wildman–Crippen MR) is 140 cm³/mol. The minimum absolute atomic E-state index is 0.0679. The summed E-state index contributed by atoms with van der Waals surface area (Å²) in [6.45, 7) is 1.78. The van der Waals surface area contributed by atoms with Crippen LogP contribution in [0.5, 0.6) is 0 Å². The highest BCUT2D eigenvalue weighted by atomic mass is 35.5. The van der Waals surface area contributed by atoms with Crippen molar-refractivity contribution in [2.24, 2.45) is 0 Å². The summed E-state index contributed by atoms with van der Waals surface area (Å²) in [5, 5.41) is 14.3. The van der Waals surface area contributed by atoms with Gasteiger partial charge in [-0.05, 0) is 70.8 Å². The van der Waals surface area contributed by atoms with Gasteiger partial charge < -0.3 is 11.1 Å². The zero-order valence-electron chi connectivity index (χ0n) is 19.9. The van der Waals surface area contributed by atoms with E-state index in [1.807, 2.05) is 30.3 Å². The number of anilines is 1. The number of nitrogens with one attached hydrogen (secondary N) is 1. The van der Waals surface area contributed by atoms with Crippen LogP contribution in [0.3, 0.4) is 0 Å². The van der Waals surface area contributed by atoms with Gasteiger partial charge in [-0.2, -0.15) is 4.68 Å². The fourth-order valence-electron chi connectivity index (χ4n) is 3.80. The summed E-state index contributed by atoms with van der Waals surface area (Å²) < 4.78 is 15.7. The summed E-state index contributed by atoms with van der Waals surface area (Å²) in [6, 6.07) is 18.1. The largest absolute Gasteiger partial charge is 0.366 e. The molecule has 0 unspecified atom stereocenters. The summed E-state index contributed by atoms with van der Waals surface area (Å²) in [4.78, 5) is 26.1. The van der Waals surface area contributed by atoms with Crippen molar-refractivity contribution in [2.75, 3.05) is 5.73 Å². The van der Waals surface area contributed by atoms with Crippen molar-refractivity contribution in [3.05, 3.63) is 106 Å². The summed E-state index contributed by atoms with van der Waals surface area (Å²) in [7, 11) is 0. The molecule has 0 radical (unpaired) electrons. The fourth-order valence-corrected chi connectivity index (χ4v) is 3.98. The number of tetrazole rings is 1. The molecule has 8 nitrogen and oxygen atoms in total. The molecule has 3 aromatic carbocycles. The maximum atomic E-state index is 14.4. The highest BCUT2D eigenvalue weighted by molar-refractivity contribution is 6.30. The third-order valence-corrected chi connectivity index (χ3v) is 5.92. The molecule has 4 aromatic rings. The lowest BCUT2D eigenvalue weighted by Crippen LogP contribution is -2.42. The number of hydrogen-bond donors (Lipinski definition) is 2. The maximum absolute atomic E-state index is 14.4. The van der Waals surface area contributed by atoms with Crippen LogP contribution in [0.25, 0.3) is 11.8 Å².